The molecule has 0 aliphatic rings. The standard InChI is InChI=1S/C17H15N5O2/c1-2-9-18-17(24)22-15-10-19-14-8-7-13(20-16(14)21-15)11-3-5-12(23)6-4-11/h2-8,10,23H,1,9H2,(H2,18,20,21,22,24). The van der Waals surface area contributed by atoms with Gasteiger partial charge in [0.05, 0.1) is 11.9 Å². The van der Waals surface area contributed by atoms with Crippen molar-refractivity contribution in [3.63, 3.8) is 0 Å². The molecule has 0 radical (unpaired) electrons. The Hall–Kier alpha value is -3.48. The Morgan fingerprint density at radius 2 is 1.96 bits per heavy atom. The molecule has 2 heterocycles. The van der Waals surface area contributed by atoms with Crippen LogP contribution in [0.1, 0.15) is 0 Å². The summed E-state index contributed by atoms with van der Waals surface area (Å²) >= 11 is 0. The maximum atomic E-state index is 11.6. The third-order valence-corrected chi connectivity index (χ3v) is 3.22. The van der Waals surface area contributed by atoms with Gasteiger partial charge in [-0.1, -0.05) is 6.08 Å². The molecule has 0 fully saturated rings. The molecule has 7 heteroatoms. The molecule has 1 aromatic carbocycles. The first kappa shape index (κ1) is 15.4. The first-order valence-electron chi connectivity index (χ1n) is 7.24. The van der Waals surface area contributed by atoms with Gasteiger partial charge in [-0.3, -0.25) is 5.32 Å². The first-order chi connectivity index (χ1) is 11.7. The second-order valence-corrected chi connectivity index (χ2v) is 4.97. The van der Waals surface area contributed by atoms with Crippen molar-refractivity contribution in [1.29, 1.82) is 0 Å². The molecule has 2 aromatic heterocycles. The number of aromatic nitrogens is 3. The minimum atomic E-state index is -0.391. The van der Waals surface area contributed by atoms with Crippen LogP contribution in [0.25, 0.3) is 22.4 Å². The van der Waals surface area contributed by atoms with Gasteiger partial charge in [0.1, 0.15) is 11.3 Å². The summed E-state index contributed by atoms with van der Waals surface area (Å²) < 4.78 is 0. The van der Waals surface area contributed by atoms with Gasteiger partial charge < -0.3 is 10.4 Å². The van der Waals surface area contributed by atoms with E-state index in [1.165, 1.54) is 6.20 Å². The highest BCUT2D eigenvalue weighted by atomic mass is 16.3. The quantitative estimate of drug-likeness (QED) is 0.642. The molecule has 3 aromatic rings. The van der Waals surface area contributed by atoms with E-state index < -0.39 is 6.03 Å². The minimum absolute atomic E-state index is 0.191. The molecular formula is C17H15N5O2. The zero-order chi connectivity index (χ0) is 16.9. The van der Waals surface area contributed by atoms with Gasteiger partial charge in [-0.05, 0) is 36.4 Å². The number of fused-ring (bicyclic) bond motifs is 1. The van der Waals surface area contributed by atoms with Gasteiger partial charge in [0, 0.05) is 12.1 Å². The van der Waals surface area contributed by atoms with Crippen LogP contribution in [0.4, 0.5) is 10.6 Å². The molecule has 0 aliphatic carbocycles. The average Bonchev–Trinajstić information content (AvgIpc) is 2.60. The number of urea groups is 1. The molecule has 0 bridgehead atoms. The number of rotatable bonds is 4. The first-order valence-corrected chi connectivity index (χ1v) is 7.24. The number of pyridine rings is 1. The molecule has 0 saturated carbocycles. The Morgan fingerprint density at radius 3 is 2.71 bits per heavy atom. The van der Waals surface area contributed by atoms with Gasteiger partial charge in [0.2, 0.25) is 0 Å². The predicted molar refractivity (Wildman–Crippen MR) is 91.7 cm³/mol. The van der Waals surface area contributed by atoms with E-state index in [9.17, 15) is 9.90 Å². The van der Waals surface area contributed by atoms with Crippen molar-refractivity contribution in [3.8, 4) is 17.0 Å². The van der Waals surface area contributed by atoms with Crippen molar-refractivity contribution < 1.29 is 9.90 Å². The molecule has 3 rings (SSSR count). The van der Waals surface area contributed by atoms with Crippen LogP contribution in [-0.2, 0) is 0 Å². The minimum Gasteiger partial charge on any atom is -0.508 e. The van der Waals surface area contributed by atoms with Gasteiger partial charge >= 0.3 is 6.03 Å². The van der Waals surface area contributed by atoms with Crippen molar-refractivity contribution in [1.82, 2.24) is 20.3 Å². The second-order valence-electron chi connectivity index (χ2n) is 4.97. The van der Waals surface area contributed by atoms with E-state index in [4.69, 9.17) is 0 Å². The summed E-state index contributed by atoms with van der Waals surface area (Å²) in [7, 11) is 0. The van der Waals surface area contributed by atoms with Gasteiger partial charge in [-0.25, -0.2) is 19.7 Å². The summed E-state index contributed by atoms with van der Waals surface area (Å²) in [5.74, 6) is 0.496. The summed E-state index contributed by atoms with van der Waals surface area (Å²) in [6.45, 7) is 3.89. The number of carbonyl (C=O) groups excluding carboxylic acids is 1. The molecular weight excluding hydrogens is 306 g/mol. The highest BCUT2D eigenvalue weighted by molar-refractivity contribution is 5.89. The lowest BCUT2D eigenvalue weighted by Gasteiger charge is -2.06. The maximum absolute atomic E-state index is 11.6. The third kappa shape index (κ3) is 3.46. The van der Waals surface area contributed by atoms with Gasteiger partial charge in [-0.15, -0.1) is 6.58 Å². The van der Waals surface area contributed by atoms with Crippen molar-refractivity contribution in [2.75, 3.05) is 11.9 Å². The number of hydrogen-bond donors (Lipinski definition) is 3. The topological polar surface area (TPSA) is 100 Å². The zero-order valence-corrected chi connectivity index (χ0v) is 12.7. The number of hydrogen-bond acceptors (Lipinski definition) is 5. The lowest BCUT2D eigenvalue weighted by molar-refractivity contribution is 0.253. The number of amides is 2. The summed E-state index contributed by atoms with van der Waals surface area (Å²) in [6.07, 6.45) is 3.05. The molecule has 0 spiro atoms. The van der Waals surface area contributed by atoms with Gasteiger partial charge in [0.25, 0.3) is 0 Å². The number of anilines is 1. The summed E-state index contributed by atoms with van der Waals surface area (Å²) in [4.78, 5) is 24.6. The van der Waals surface area contributed by atoms with Crippen LogP contribution in [0.2, 0.25) is 0 Å². The van der Waals surface area contributed by atoms with Crippen LogP contribution in [0, 0.1) is 0 Å². The van der Waals surface area contributed by atoms with E-state index >= 15 is 0 Å². The molecule has 24 heavy (non-hydrogen) atoms. The van der Waals surface area contributed by atoms with Crippen LogP contribution in [0.15, 0.2) is 55.3 Å². The SMILES string of the molecule is C=CCNC(=O)Nc1cnc2ccc(-c3ccc(O)cc3)nc2n1. The summed E-state index contributed by atoms with van der Waals surface area (Å²) in [5.41, 5.74) is 2.58. The number of carbonyl (C=O) groups is 1. The van der Waals surface area contributed by atoms with Gasteiger partial charge in [-0.2, -0.15) is 0 Å². The monoisotopic (exact) mass is 321 g/mol. The fourth-order valence-electron chi connectivity index (χ4n) is 2.08. The van der Waals surface area contributed by atoms with Crippen LogP contribution in [0.3, 0.4) is 0 Å². The number of nitrogens with one attached hydrogen (secondary N) is 2. The summed E-state index contributed by atoms with van der Waals surface area (Å²) in [5, 5.41) is 14.5. The molecule has 0 atom stereocenters. The van der Waals surface area contributed by atoms with E-state index in [2.05, 4.69) is 32.2 Å². The Bertz CT molecular complexity index is 893. The Morgan fingerprint density at radius 1 is 1.17 bits per heavy atom. The lowest BCUT2D eigenvalue weighted by atomic mass is 10.1. The van der Waals surface area contributed by atoms with Gasteiger partial charge in [0.15, 0.2) is 11.5 Å². The Labute approximate surface area is 138 Å². The normalized spacial score (nSPS) is 10.3. The maximum Gasteiger partial charge on any atom is 0.320 e. The van der Waals surface area contributed by atoms with E-state index in [0.29, 0.717) is 29.2 Å². The van der Waals surface area contributed by atoms with E-state index in [0.717, 1.165) is 5.56 Å². The number of aromatic hydroxyl groups is 1. The summed E-state index contributed by atoms with van der Waals surface area (Å²) in [6, 6.07) is 9.96. The third-order valence-electron chi connectivity index (χ3n) is 3.22. The fraction of sp³-hybridized carbons (Fsp3) is 0.0588. The van der Waals surface area contributed by atoms with E-state index in [1.54, 1.807) is 36.4 Å². The number of phenolic OH excluding ortho intramolecular Hbond substituents is 1. The molecule has 7 nitrogen and oxygen atoms in total. The Kier molecular flexibility index (Phi) is 4.33. The molecule has 3 N–H and O–H groups in total. The van der Waals surface area contributed by atoms with Crippen LogP contribution >= 0.6 is 0 Å². The predicted octanol–water partition coefficient (Wildman–Crippen LogP) is 2.70. The van der Waals surface area contributed by atoms with Crippen molar-refractivity contribution >= 4 is 23.0 Å². The zero-order valence-electron chi connectivity index (χ0n) is 12.7. The van der Waals surface area contributed by atoms with Crippen molar-refractivity contribution in [3.05, 3.63) is 55.3 Å². The lowest BCUT2D eigenvalue weighted by Crippen LogP contribution is -2.29. The van der Waals surface area contributed by atoms with E-state index in [1.807, 2.05) is 6.07 Å². The second kappa shape index (κ2) is 6.74. The molecule has 120 valence electrons. The van der Waals surface area contributed by atoms with Crippen LogP contribution in [0.5, 0.6) is 5.75 Å². The molecule has 0 aliphatic heterocycles. The number of nitrogens with zero attached hydrogens (tertiary/aromatic N) is 3. The molecule has 0 unspecified atom stereocenters. The Balaban J connectivity index is 1.89. The highest BCUT2D eigenvalue weighted by Crippen LogP contribution is 2.22. The number of phenols is 1. The molecule has 2 amide bonds. The average molecular weight is 321 g/mol. The van der Waals surface area contributed by atoms with Crippen molar-refractivity contribution in [2.24, 2.45) is 0 Å². The largest absolute Gasteiger partial charge is 0.508 e. The molecule has 0 saturated heterocycles. The number of benzene rings is 1. The van der Waals surface area contributed by atoms with Crippen molar-refractivity contribution in [2.45, 2.75) is 0 Å². The van der Waals surface area contributed by atoms with E-state index in [-0.39, 0.29) is 5.75 Å². The van der Waals surface area contributed by atoms with Crippen LogP contribution in [-0.4, -0.2) is 32.6 Å². The smallest absolute Gasteiger partial charge is 0.320 e. The highest BCUT2D eigenvalue weighted by Gasteiger charge is 2.07. The fourth-order valence-corrected chi connectivity index (χ4v) is 2.08. The van der Waals surface area contributed by atoms with Crippen LogP contribution < -0.4 is 10.6 Å².